The number of aromatic nitrogens is 2. The molecule has 0 spiro atoms. The van der Waals surface area contributed by atoms with E-state index in [0.29, 0.717) is 11.1 Å². The van der Waals surface area contributed by atoms with Gasteiger partial charge in [-0.1, -0.05) is 10.2 Å². The minimum atomic E-state index is -4.51. The summed E-state index contributed by atoms with van der Waals surface area (Å²) in [6.45, 7) is 1.59. The Morgan fingerprint density at radius 2 is 0.909 bits per heavy atom. The van der Waals surface area contributed by atoms with Crippen LogP contribution in [0.2, 0.25) is 0 Å². The van der Waals surface area contributed by atoms with Gasteiger partial charge in [0.1, 0.15) is 11.4 Å². The van der Waals surface area contributed by atoms with Gasteiger partial charge < -0.3 is 10.2 Å². The van der Waals surface area contributed by atoms with Crippen molar-refractivity contribution in [2.75, 3.05) is 0 Å². The maximum Gasteiger partial charge on any atom is 2.00 e. The number of hydrogen-bond acceptors (Lipinski definition) is 6. The maximum atomic E-state index is 12.0. The molecule has 0 atom stereocenters. The van der Waals surface area contributed by atoms with Gasteiger partial charge in [0.05, 0.1) is 11.1 Å². The largest absolute Gasteiger partial charge is 2.00 e. The number of pyridine rings is 2. The molecule has 0 aromatic carbocycles. The maximum absolute atomic E-state index is 12.0. The first-order valence-corrected chi connectivity index (χ1v) is 8.45. The molecule has 0 fully saturated rings. The zero-order valence-corrected chi connectivity index (χ0v) is 17.8. The van der Waals surface area contributed by atoms with Crippen molar-refractivity contribution >= 4 is 23.2 Å². The summed E-state index contributed by atoms with van der Waals surface area (Å²) in [4.78, 5) is 7.42. The molecule has 1 radical (unpaired) electrons. The van der Waals surface area contributed by atoms with Crippen molar-refractivity contribution in [1.82, 2.24) is 9.97 Å². The van der Waals surface area contributed by atoms with Crippen LogP contribution in [-0.2, 0) is 17.1 Å². The Bertz CT molecular complexity index is 911. The van der Waals surface area contributed by atoms with E-state index in [1.54, 1.807) is 0 Å². The van der Waals surface area contributed by atoms with E-state index in [0.717, 1.165) is 13.8 Å². The third kappa shape index (κ3) is 11.2. The normalized spacial score (nSPS) is 13.6. The molecule has 0 amide bonds. The molecular weight excluding hydrogens is 510 g/mol. The van der Waals surface area contributed by atoms with E-state index < -0.39 is 23.8 Å². The van der Waals surface area contributed by atoms with E-state index in [9.17, 15) is 26.3 Å². The first-order chi connectivity index (χ1) is 14.8. The molecule has 33 heavy (non-hydrogen) atoms. The standard InChI is InChI=1S/2C9H8F3N3O.Cu/c2*1-6(9(10,11)12)14-15-8(16)7-2-4-13-5-3-7;/h2*2-5H,1H3,(H,15,16);/q;;+2/p+2. The second-order valence-electron chi connectivity index (χ2n) is 5.74. The molecule has 0 saturated carbocycles. The molecule has 181 valence electrons. The zero-order chi connectivity index (χ0) is 24.4. The van der Waals surface area contributed by atoms with E-state index >= 15 is 0 Å². The Morgan fingerprint density at radius 1 is 0.636 bits per heavy atom. The number of nitrogens with zero attached hydrogens (tertiary/aromatic N) is 6. The summed E-state index contributed by atoms with van der Waals surface area (Å²) in [5, 5.41) is 27.0. The molecule has 2 rings (SSSR count). The summed E-state index contributed by atoms with van der Waals surface area (Å²) in [5.74, 6) is -0.683. The predicted molar refractivity (Wildman–Crippen MR) is 107 cm³/mol. The minimum absolute atomic E-state index is 0. The van der Waals surface area contributed by atoms with Gasteiger partial charge in [0.25, 0.3) is 0 Å². The number of rotatable bonds is 4. The van der Waals surface area contributed by atoms with Crippen molar-refractivity contribution < 1.29 is 53.6 Å². The number of halogens is 6. The molecule has 0 aliphatic heterocycles. The summed E-state index contributed by atoms with van der Waals surface area (Å²) in [6, 6.07) is 5.85. The van der Waals surface area contributed by atoms with Crippen molar-refractivity contribution in [2.24, 2.45) is 20.4 Å². The van der Waals surface area contributed by atoms with Crippen LogP contribution in [0.5, 0.6) is 0 Å². The van der Waals surface area contributed by atoms with Crippen LogP contribution in [0.3, 0.4) is 0 Å². The molecule has 0 saturated heterocycles. The molecule has 8 nitrogen and oxygen atoms in total. The van der Waals surface area contributed by atoms with Crippen molar-refractivity contribution in [2.45, 2.75) is 26.2 Å². The second-order valence-corrected chi connectivity index (χ2v) is 5.74. The number of alkyl halides is 6. The van der Waals surface area contributed by atoms with E-state index in [1.807, 2.05) is 0 Å². The van der Waals surface area contributed by atoms with E-state index in [1.165, 1.54) is 49.1 Å². The quantitative estimate of drug-likeness (QED) is 0.152. The van der Waals surface area contributed by atoms with Gasteiger partial charge in [-0.2, -0.15) is 26.3 Å². The minimum Gasteiger partial charge on any atom is -0.577 e. The van der Waals surface area contributed by atoms with Gasteiger partial charge in [-0.25, -0.2) is 0 Å². The van der Waals surface area contributed by atoms with Gasteiger partial charge in [0.15, 0.2) is 0 Å². The monoisotopic (exact) mass is 527 g/mol. The van der Waals surface area contributed by atoms with Gasteiger partial charge in [0.2, 0.25) is 0 Å². The molecule has 0 aliphatic carbocycles. The van der Waals surface area contributed by atoms with Crippen LogP contribution >= 0.6 is 0 Å². The molecule has 0 bridgehead atoms. The molecule has 15 heteroatoms. The third-order valence-electron chi connectivity index (χ3n) is 3.33. The van der Waals surface area contributed by atoms with Crippen LogP contribution in [-0.4, -0.2) is 55.8 Å². The summed E-state index contributed by atoms with van der Waals surface area (Å²) in [6.07, 6.45) is -3.36. The fraction of sp³-hybridized carbons (Fsp3) is 0.222. The summed E-state index contributed by atoms with van der Waals surface area (Å²) < 4.78 is 72.2. The summed E-state index contributed by atoms with van der Waals surface area (Å²) >= 11 is 0. The zero-order valence-electron chi connectivity index (χ0n) is 16.9. The first kappa shape index (κ1) is 29.7. The van der Waals surface area contributed by atoms with E-state index in [-0.39, 0.29) is 28.9 Å². The molecule has 2 heterocycles. The summed E-state index contributed by atoms with van der Waals surface area (Å²) in [7, 11) is 0. The molecule has 0 aliphatic rings. The van der Waals surface area contributed by atoms with Gasteiger partial charge in [-0.05, 0) is 38.1 Å². The molecule has 0 unspecified atom stereocenters. The van der Waals surface area contributed by atoms with Crippen LogP contribution in [0.1, 0.15) is 25.0 Å². The van der Waals surface area contributed by atoms with Crippen LogP contribution in [0.4, 0.5) is 26.3 Å². The topological polar surface area (TPSA) is 121 Å². The Hall–Kier alpha value is -3.32. The van der Waals surface area contributed by atoms with Crippen molar-refractivity contribution in [3.8, 4) is 0 Å². The fourth-order valence-electron chi connectivity index (χ4n) is 1.50. The summed E-state index contributed by atoms with van der Waals surface area (Å²) in [5.41, 5.74) is -1.47. The van der Waals surface area contributed by atoms with Crippen LogP contribution in [0.15, 0.2) is 69.5 Å². The van der Waals surface area contributed by atoms with Crippen LogP contribution in [0, 0.1) is 0 Å². The van der Waals surface area contributed by atoms with Crippen LogP contribution in [0.25, 0.3) is 0 Å². The van der Waals surface area contributed by atoms with Gasteiger partial charge in [-0.3, -0.25) is 9.97 Å². The molecule has 4 N–H and O–H groups in total. The van der Waals surface area contributed by atoms with Crippen LogP contribution < -0.4 is 0 Å². The van der Waals surface area contributed by atoms with Gasteiger partial charge in [-0.15, -0.1) is 10.2 Å². The van der Waals surface area contributed by atoms with E-state index in [4.69, 9.17) is 10.2 Å². The average Bonchev–Trinajstić information content (AvgIpc) is 2.75. The SMILES string of the molecule is CC(=NN=C([OH2+])c1ccncc1)C(F)(F)F.CC(=NN=C([OH2+])c1ccncc1)C(F)(F)F.[Cu+2]. The smallest absolute Gasteiger partial charge is 0.577 e. The van der Waals surface area contributed by atoms with Gasteiger partial charge >= 0.3 is 41.2 Å². The number of hydrogen-bond donors (Lipinski definition) is 0. The average molecular weight is 528 g/mol. The Balaban J connectivity index is 0.000000602. The molecule has 2 aromatic rings. The van der Waals surface area contributed by atoms with Crippen molar-refractivity contribution in [3.05, 3.63) is 60.2 Å². The fourth-order valence-corrected chi connectivity index (χ4v) is 1.50. The predicted octanol–water partition coefficient (Wildman–Crippen LogP) is 2.98. The molecule has 2 aromatic heterocycles. The molecular formula is C18H18CuF6N6O2+4. The first-order valence-electron chi connectivity index (χ1n) is 8.45. The van der Waals surface area contributed by atoms with Crippen molar-refractivity contribution in [3.63, 3.8) is 0 Å². The van der Waals surface area contributed by atoms with Crippen molar-refractivity contribution in [1.29, 1.82) is 0 Å². The van der Waals surface area contributed by atoms with Gasteiger partial charge in [0, 0.05) is 24.8 Å². The third-order valence-corrected chi connectivity index (χ3v) is 3.33. The Kier molecular flexibility index (Phi) is 11.9. The van der Waals surface area contributed by atoms with E-state index in [2.05, 4.69) is 30.4 Å². The second kappa shape index (κ2) is 13.3. The Morgan fingerprint density at radius 3 is 1.15 bits per heavy atom. The Labute approximate surface area is 194 Å².